The van der Waals surface area contributed by atoms with Gasteiger partial charge in [0.25, 0.3) is 0 Å². The van der Waals surface area contributed by atoms with Gasteiger partial charge in [-0.1, -0.05) is 6.92 Å². The van der Waals surface area contributed by atoms with E-state index in [0.29, 0.717) is 0 Å². The average molecular weight is 213 g/mol. The van der Waals surface area contributed by atoms with E-state index in [-0.39, 0.29) is 0 Å². The van der Waals surface area contributed by atoms with Crippen molar-refractivity contribution in [2.24, 2.45) is 0 Å². The monoisotopic (exact) mass is 213 g/mol. The van der Waals surface area contributed by atoms with Gasteiger partial charge in [-0.3, -0.25) is 4.79 Å². The highest BCUT2D eigenvalue weighted by molar-refractivity contribution is 5.45. The zero-order chi connectivity index (χ0) is 10.9. The molecule has 0 spiro atoms. The fourth-order valence-corrected chi connectivity index (χ4v) is 2.02. The molecule has 0 bridgehead atoms. The molecule has 1 N–H and O–H groups in total. The van der Waals surface area contributed by atoms with Gasteiger partial charge in [0, 0.05) is 32.7 Å². The minimum absolute atomic E-state index is 0.777. The lowest BCUT2D eigenvalue weighted by Crippen LogP contribution is -2.46. The summed E-state index contributed by atoms with van der Waals surface area (Å²) in [5.41, 5.74) is 0. The SMILES string of the molecule is CCCN1CCN(CCCNC=O)CC1. The van der Waals surface area contributed by atoms with Crippen LogP contribution >= 0.6 is 0 Å². The van der Waals surface area contributed by atoms with Crippen LogP contribution in [0.4, 0.5) is 0 Å². The summed E-state index contributed by atoms with van der Waals surface area (Å²) in [7, 11) is 0. The molecule has 1 fully saturated rings. The molecule has 0 aromatic heterocycles. The van der Waals surface area contributed by atoms with Gasteiger partial charge >= 0.3 is 0 Å². The molecule has 1 amide bonds. The highest BCUT2D eigenvalue weighted by atomic mass is 16.1. The predicted molar refractivity (Wildman–Crippen MR) is 61.9 cm³/mol. The third kappa shape index (κ3) is 5.14. The molecule has 1 aliphatic heterocycles. The number of amides is 1. The van der Waals surface area contributed by atoms with Crippen molar-refractivity contribution in [2.45, 2.75) is 19.8 Å². The Hall–Kier alpha value is -0.610. The van der Waals surface area contributed by atoms with Gasteiger partial charge in [0.15, 0.2) is 0 Å². The maximum Gasteiger partial charge on any atom is 0.207 e. The Bertz CT molecular complexity index is 167. The first-order valence-corrected chi connectivity index (χ1v) is 5.98. The highest BCUT2D eigenvalue weighted by Crippen LogP contribution is 2.02. The van der Waals surface area contributed by atoms with Crippen molar-refractivity contribution in [3.05, 3.63) is 0 Å². The van der Waals surface area contributed by atoms with Crippen molar-refractivity contribution in [1.29, 1.82) is 0 Å². The van der Waals surface area contributed by atoms with Crippen molar-refractivity contribution in [2.75, 3.05) is 45.8 Å². The van der Waals surface area contributed by atoms with Crippen LogP contribution in [0.25, 0.3) is 0 Å². The summed E-state index contributed by atoms with van der Waals surface area (Å²) < 4.78 is 0. The second-order valence-corrected chi connectivity index (χ2v) is 4.11. The summed E-state index contributed by atoms with van der Waals surface area (Å²) in [5, 5.41) is 2.70. The number of piperazine rings is 1. The van der Waals surface area contributed by atoms with E-state index in [1.165, 1.54) is 39.1 Å². The lowest BCUT2D eigenvalue weighted by Gasteiger charge is -2.34. The Kier molecular flexibility index (Phi) is 6.36. The first kappa shape index (κ1) is 12.5. The Morgan fingerprint density at radius 1 is 1.13 bits per heavy atom. The Morgan fingerprint density at radius 2 is 1.73 bits per heavy atom. The van der Waals surface area contributed by atoms with E-state index in [0.717, 1.165) is 25.9 Å². The standard InChI is InChI=1S/C11H23N3O/c1-2-5-13-7-9-14(10-8-13)6-3-4-12-11-15/h11H,2-10H2,1H3,(H,12,15). The van der Waals surface area contributed by atoms with Crippen molar-refractivity contribution in [3.63, 3.8) is 0 Å². The van der Waals surface area contributed by atoms with E-state index in [4.69, 9.17) is 0 Å². The molecule has 0 aromatic rings. The third-order valence-corrected chi connectivity index (χ3v) is 2.88. The van der Waals surface area contributed by atoms with E-state index < -0.39 is 0 Å². The number of hydrogen-bond donors (Lipinski definition) is 1. The van der Waals surface area contributed by atoms with Crippen LogP contribution in [0.2, 0.25) is 0 Å². The van der Waals surface area contributed by atoms with Crippen molar-refractivity contribution >= 4 is 6.41 Å². The van der Waals surface area contributed by atoms with Crippen LogP contribution in [-0.4, -0.2) is 62.0 Å². The number of nitrogens with zero attached hydrogens (tertiary/aromatic N) is 2. The largest absolute Gasteiger partial charge is 0.359 e. The van der Waals surface area contributed by atoms with Crippen molar-refractivity contribution in [1.82, 2.24) is 15.1 Å². The lowest BCUT2D eigenvalue weighted by molar-refractivity contribution is -0.109. The molecule has 88 valence electrons. The summed E-state index contributed by atoms with van der Waals surface area (Å²) in [5.74, 6) is 0. The molecule has 0 atom stereocenters. The average Bonchev–Trinajstić information content (AvgIpc) is 2.27. The van der Waals surface area contributed by atoms with Gasteiger partial charge in [0.05, 0.1) is 0 Å². The maximum absolute atomic E-state index is 10.0. The second kappa shape index (κ2) is 7.65. The molecule has 0 aromatic carbocycles. The molecular weight excluding hydrogens is 190 g/mol. The zero-order valence-electron chi connectivity index (χ0n) is 9.74. The summed E-state index contributed by atoms with van der Waals surface area (Å²) in [6.45, 7) is 10.2. The van der Waals surface area contributed by atoms with Crippen molar-refractivity contribution in [3.8, 4) is 0 Å². The smallest absolute Gasteiger partial charge is 0.207 e. The topological polar surface area (TPSA) is 35.6 Å². The molecular formula is C11H23N3O. The Labute approximate surface area is 92.6 Å². The molecule has 0 aliphatic carbocycles. The Morgan fingerprint density at radius 3 is 2.27 bits per heavy atom. The van der Waals surface area contributed by atoms with E-state index in [1.807, 2.05) is 0 Å². The van der Waals surface area contributed by atoms with Gasteiger partial charge in [0.1, 0.15) is 0 Å². The van der Waals surface area contributed by atoms with E-state index in [1.54, 1.807) is 0 Å². The highest BCUT2D eigenvalue weighted by Gasteiger charge is 2.14. The number of carbonyl (C=O) groups excluding carboxylic acids is 1. The Balaban J connectivity index is 2.01. The van der Waals surface area contributed by atoms with Crippen LogP contribution in [0.15, 0.2) is 0 Å². The molecule has 4 heteroatoms. The summed E-state index contributed by atoms with van der Waals surface area (Å²) in [6, 6.07) is 0. The van der Waals surface area contributed by atoms with Crippen LogP contribution in [0.3, 0.4) is 0 Å². The number of nitrogens with one attached hydrogen (secondary N) is 1. The van der Waals surface area contributed by atoms with Gasteiger partial charge < -0.3 is 15.1 Å². The lowest BCUT2D eigenvalue weighted by atomic mass is 10.2. The number of rotatable bonds is 7. The molecule has 1 heterocycles. The van der Waals surface area contributed by atoms with E-state index in [9.17, 15) is 4.79 Å². The third-order valence-electron chi connectivity index (χ3n) is 2.88. The number of carbonyl (C=O) groups is 1. The van der Waals surface area contributed by atoms with Gasteiger partial charge in [-0.15, -0.1) is 0 Å². The molecule has 4 nitrogen and oxygen atoms in total. The predicted octanol–water partition coefficient (Wildman–Crippen LogP) is 0.150. The summed E-state index contributed by atoms with van der Waals surface area (Å²) >= 11 is 0. The molecule has 1 rings (SSSR count). The first-order chi connectivity index (χ1) is 7.36. The number of hydrogen-bond acceptors (Lipinski definition) is 3. The normalized spacial score (nSPS) is 19.0. The van der Waals surface area contributed by atoms with Gasteiger partial charge in [-0.25, -0.2) is 0 Å². The van der Waals surface area contributed by atoms with Gasteiger partial charge in [-0.2, -0.15) is 0 Å². The first-order valence-electron chi connectivity index (χ1n) is 5.98. The molecule has 0 saturated carbocycles. The molecule has 0 radical (unpaired) electrons. The fourth-order valence-electron chi connectivity index (χ4n) is 2.02. The molecule has 1 aliphatic rings. The van der Waals surface area contributed by atoms with Crippen LogP contribution in [-0.2, 0) is 4.79 Å². The van der Waals surface area contributed by atoms with Crippen LogP contribution in [0.5, 0.6) is 0 Å². The minimum atomic E-state index is 0.777. The summed E-state index contributed by atoms with van der Waals surface area (Å²) in [4.78, 5) is 15.1. The second-order valence-electron chi connectivity index (χ2n) is 4.11. The van der Waals surface area contributed by atoms with Crippen LogP contribution in [0.1, 0.15) is 19.8 Å². The quantitative estimate of drug-likeness (QED) is 0.483. The zero-order valence-corrected chi connectivity index (χ0v) is 9.74. The van der Waals surface area contributed by atoms with Crippen LogP contribution < -0.4 is 5.32 Å². The summed E-state index contributed by atoms with van der Waals surface area (Å²) in [6.07, 6.45) is 3.09. The van der Waals surface area contributed by atoms with Gasteiger partial charge in [-0.05, 0) is 25.9 Å². The van der Waals surface area contributed by atoms with Crippen molar-refractivity contribution < 1.29 is 4.79 Å². The fraction of sp³-hybridized carbons (Fsp3) is 0.909. The van der Waals surface area contributed by atoms with E-state index >= 15 is 0 Å². The van der Waals surface area contributed by atoms with Gasteiger partial charge in [0.2, 0.25) is 6.41 Å². The molecule has 0 unspecified atom stereocenters. The maximum atomic E-state index is 10.0. The minimum Gasteiger partial charge on any atom is -0.359 e. The molecule has 15 heavy (non-hydrogen) atoms. The van der Waals surface area contributed by atoms with Crippen LogP contribution in [0, 0.1) is 0 Å². The molecule has 1 saturated heterocycles. The van der Waals surface area contributed by atoms with E-state index in [2.05, 4.69) is 22.0 Å².